The molecule has 1 aromatic heterocycles. The minimum Gasteiger partial charge on any atom is -0.312 e. The number of benzene rings is 3. The fourth-order valence-corrected chi connectivity index (χ4v) is 4.06. The summed E-state index contributed by atoms with van der Waals surface area (Å²) in [6.07, 6.45) is 0. The summed E-state index contributed by atoms with van der Waals surface area (Å²) in [4.78, 5) is 0. The van der Waals surface area contributed by atoms with Crippen molar-refractivity contribution in [3.05, 3.63) is 99.6 Å². The molecule has 0 radical (unpaired) electrons. The third-order valence-electron chi connectivity index (χ3n) is 4.65. The molecule has 0 atom stereocenters. The van der Waals surface area contributed by atoms with Crippen LogP contribution in [0.3, 0.4) is 0 Å². The van der Waals surface area contributed by atoms with E-state index in [0.717, 1.165) is 33.8 Å². The highest BCUT2D eigenvalue weighted by Crippen LogP contribution is 2.40. The van der Waals surface area contributed by atoms with Gasteiger partial charge in [0, 0.05) is 32.4 Å². The summed E-state index contributed by atoms with van der Waals surface area (Å²) in [5, 5.41) is 2.08. The van der Waals surface area contributed by atoms with Crippen molar-refractivity contribution in [3.63, 3.8) is 0 Å². The second kappa shape index (κ2) is 7.44. The number of rotatable bonds is 3. The van der Waals surface area contributed by atoms with Gasteiger partial charge in [-0.2, -0.15) is 0 Å². The van der Waals surface area contributed by atoms with Crippen molar-refractivity contribution < 1.29 is 0 Å². The number of aromatic nitrogens is 1. The van der Waals surface area contributed by atoms with Crippen LogP contribution in [0.4, 0.5) is 0 Å². The van der Waals surface area contributed by atoms with Crippen molar-refractivity contribution in [2.45, 2.75) is 6.92 Å². The maximum Gasteiger partial charge on any atom is 0.0646 e. The van der Waals surface area contributed by atoms with Crippen molar-refractivity contribution >= 4 is 34.8 Å². The maximum absolute atomic E-state index is 6.54. The van der Waals surface area contributed by atoms with Gasteiger partial charge in [-0.05, 0) is 37.3 Å². The Morgan fingerprint density at radius 3 is 1.70 bits per heavy atom. The van der Waals surface area contributed by atoms with E-state index in [9.17, 15) is 0 Å². The first-order valence-electron chi connectivity index (χ1n) is 8.55. The van der Waals surface area contributed by atoms with E-state index >= 15 is 0 Å². The minimum absolute atomic E-state index is 0.676. The summed E-state index contributed by atoms with van der Waals surface area (Å²) in [6, 6.07) is 25.6. The quantitative estimate of drug-likeness (QED) is 0.320. The van der Waals surface area contributed by atoms with Crippen LogP contribution < -0.4 is 0 Å². The third kappa shape index (κ3) is 3.27. The van der Waals surface area contributed by atoms with Crippen LogP contribution in [-0.4, -0.2) is 4.57 Å². The lowest BCUT2D eigenvalue weighted by Crippen LogP contribution is -2.00. The Labute approximate surface area is 173 Å². The summed E-state index contributed by atoms with van der Waals surface area (Å²) >= 11 is 19.5. The molecular formula is C23H16Cl3N. The first-order valence-corrected chi connectivity index (χ1v) is 9.68. The number of hydrogen-bond donors (Lipinski definition) is 0. The molecule has 1 nitrogen and oxygen atoms in total. The monoisotopic (exact) mass is 411 g/mol. The molecular weight excluding hydrogens is 397 g/mol. The molecule has 0 saturated carbocycles. The minimum atomic E-state index is 0.676. The van der Waals surface area contributed by atoms with Crippen LogP contribution in [0, 0.1) is 6.92 Å². The fourth-order valence-electron chi connectivity index (χ4n) is 3.37. The summed E-state index contributed by atoms with van der Waals surface area (Å²) < 4.78 is 2.14. The second-order valence-electron chi connectivity index (χ2n) is 6.28. The average molecular weight is 413 g/mol. The Kier molecular flexibility index (Phi) is 5.01. The highest BCUT2D eigenvalue weighted by Gasteiger charge is 2.20. The predicted octanol–water partition coefficient (Wildman–Crippen LogP) is 8.08. The van der Waals surface area contributed by atoms with E-state index in [2.05, 4.69) is 17.6 Å². The van der Waals surface area contributed by atoms with Gasteiger partial charge in [0.1, 0.15) is 0 Å². The van der Waals surface area contributed by atoms with Crippen molar-refractivity contribution in [1.82, 2.24) is 4.57 Å². The van der Waals surface area contributed by atoms with Gasteiger partial charge in [0.25, 0.3) is 0 Å². The first-order chi connectivity index (χ1) is 13.1. The van der Waals surface area contributed by atoms with Crippen LogP contribution in [0.1, 0.15) is 5.69 Å². The zero-order valence-corrected chi connectivity index (χ0v) is 16.9. The lowest BCUT2D eigenvalue weighted by molar-refractivity contribution is 1.02. The Hall–Kier alpha value is -2.19. The van der Waals surface area contributed by atoms with Gasteiger partial charge in [-0.15, -0.1) is 0 Å². The van der Waals surface area contributed by atoms with E-state index in [4.69, 9.17) is 34.8 Å². The average Bonchev–Trinajstić information content (AvgIpc) is 3.00. The predicted molar refractivity (Wildman–Crippen MR) is 116 cm³/mol. The SMILES string of the molecule is Cc1c(-c2ccccc2Cl)cc(-c2ccccc2Cl)n1-c1ccccc1Cl. The van der Waals surface area contributed by atoms with Gasteiger partial charge >= 0.3 is 0 Å². The molecule has 27 heavy (non-hydrogen) atoms. The van der Waals surface area contributed by atoms with E-state index < -0.39 is 0 Å². The smallest absolute Gasteiger partial charge is 0.0646 e. The molecule has 1 heterocycles. The van der Waals surface area contributed by atoms with Crippen LogP contribution in [0.25, 0.3) is 28.1 Å². The molecule has 3 aromatic carbocycles. The summed E-state index contributed by atoms with van der Waals surface area (Å²) in [5.74, 6) is 0. The molecule has 4 rings (SSSR count). The number of halogens is 3. The van der Waals surface area contributed by atoms with Crippen molar-refractivity contribution in [2.24, 2.45) is 0 Å². The Morgan fingerprint density at radius 1 is 0.593 bits per heavy atom. The first kappa shape index (κ1) is 18.2. The van der Waals surface area contributed by atoms with Crippen LogP contribution in [0.5, 0.6) is 0 Å². The lowest BCUT2D eigenvalue weighted by atomic mass is 10.1. The molecule has 0 N–H and O–H groups in total. The van der Waals surface area contributed by atoms with Gasteiger partial charge in [0.2, 0.25) is 0 Å². The topological polar surface area (TPSA) is 4.93 Å². The van der Waals surface area contributed by atoms with Crippen LogP contribution >= 0.6 is 34.8 Å². The second-order valence-corrected chi connectivity index (χ2v) is 7.50. The van der Waals surface area contributed by atoms with Crippen molar-refractivity contribution in [2.75, 3.05) is 0 Å². The third-order valence-corrected chi connectivity index (χ3v) is 5.63. The molecule has 0 bridgehead atoms. The highest BCUT2D eigenvalue weighted by molar-refractivity contribution is 6.34. The molecule has 0 spiro atoms. The van der Waals surface area contributed by atoms with E-state index in [0.29, 0.717) is 15.1 Å². The zero-order chi connectivity index (χ0) is 19.0. The van der Waals surface area contributed by atoms with Crippen molar-refractivity contribution in [3.8, 4) is 28.1 Å². The van der Waals surface area contributed by atoms with Gasteiger partial charge in [0.05, 0.1) is 16.4 Å². The molecule has 0 amide bonds. The molecule has 0 aliphatic heterocycles. The summed E-state index contributed by atoms with van der Waals surface area (Å²) in [7, 11) is 0. The molecule has 0 aliphatic rings. The Balaban J connectivity index is 2.06. The standard InChI is InChI=1S/C23H16Cl3N/c1-15-18(16-8-2-4-10-19(16)24)14-23(17-9-3-5-11-20(17)25)27(15)22-13-7-6-12-21(22)26/h2-14H,1H3. The van der Waals surface area contributed by atoms with E-state index in [1.54, 1.807) is 0 Å². The van der Waals surface area contributed by atoms with Crippen LogP contribution in [0.2, 0.25) is 15.1 Å². The molecule has 0 fully saturated rings. The Bertz CT molecular complexity index is 1130. The fraction of sp³-hybridized carbons (Fsp3) is 0.0435. The van der Waals surface area contributed by atoms with E-state index in [-0.39, 0.29) is 0 Å². The Morgan fingerprint density at radius 2 is 1.11 bits per heavy atom. The van der Waals surface area contributed by atoms with Crippen LogP contribution in [-0.2, 0) is 0 Å². The van der Waals surface area contributed by atoms with Gasteiger partial charge in [-0.25, -0.2) is 0 Å². The number of para-hydroxylation sites is 1. The molecule has 0 unspecified atom stereocenters. The summed E-state index contributed by atoms with van der Waals surface area (Å²) in [6.45, 7) is 2.07. The van der Waals surface area contributed by atoms with Gasteiger partial charge in [-0.3, -0.25) is 0 Å². The van der Waals surface area contributed by atoms with E-state index in [1.165, 1.54) is 0 Å². The van der Waals surface area contributed by atoms with Gasteiger partial charge < -0.3 is 4.57 Å². The summed E-state index contributed by atoms with van der Waals surface area (Å²) in [5.41, 5.74) is 5.91. The molecule has 0 saturated heterocycles. The van der Waals surface area contributed by atoms with Gasteiger partial charge in [-0.1, -0.05) is 83.3 Å². The molecule has 4 aromatic rings. The van der Waals surface area contributed by atoms with Crippen molar-refractivity contribution in [1.29, 1.82) is 0 Å². The van der Waals surface area contributed by atoms with Crippen LogP contribution in [0.15, 0.2) is 78.9 Å². The molecule has 0 aliphatic carbocycles. The normalized spacial score (nSPS) is 11.0. The van der Waals surface area contributed by atoms with Gasteiger partial charge in [0.15, 0.2) is 0 Å². The number of hydrogen-bond acceptors (Lipinski definition) is 0. The number of nitrogens with zero attached hydrogens (tertiary/aromatic N) is 1. The molecule has 134 valence electrons. The van der Waals surface area contributed by atoms with E-state index in [1.807, 2.05) is 72.8 Å². The molecule has 4 heteroatoms. The lowest BCUT2D eigenvalue weighted by Gasteiger charge is -2.15. The zero-order valence-electron chi connectivity index (χ0n) is 14.6. The largest absolute Gasteiger partial charge is 0.312 e. The maximum atomic E-state index is 6.54. The highest BCUT2D eigenvalue weighted by atomic mass is 35.5.